The van der Waals surface area contributed by atoms with Crippen LogP contribution in [0.15, 0.2) is 0 Å². The molecule has 3 N–H and O–H groups in total. The van der Waals surface area contributed by atoms with E-state index in [-0.39, 0.29) is 25.7 Å². The third-order valence-corrected chi connectivity index (χ3v) is 19.2. The van der Waals surface area contributed by atoms with Crippen LogP contribution in [0, 0.1) is 23.7 Å². The number of carbonyl (C=O) groups is 4. The number of ether oxygens (including phenoxy) is 4. The van der Waals surface area contributed by atoms with Gasteiger partial charge in [-0.1, -0.05) is 306 Å². The first-order valence-electron chi connectivity index (χ1n) is 37.3. The van der Waals surface area contributed by atoms with Crippen LogP contribution in [0.5, 0.6) is 0 Å². The van der Waals surface area contributed by atoms with E-state index in [9.17, 15) is 43.2 Å². The van der Waals surface area contributed by atoms with Gasteiger partial charge >= 0.3 is 39.5 Å². The SMILES string of the molecule is CCC(C)CCCCCCCCCCCCCCCCC(=O)O[C@H](COC(=O)CCCCCCCCC(C)C)COP(=O)(O)OC[C@H](O)COP(=O)(O)OC[C@@H](COC(=O)CCCCCCCCCCC(C)CC)OC(=O)CCCCCCCCCCCC(C)C. The van der Waals surface area contributed by atoms with Crippen molar-refractivity contribution in [1.82, 2.24) is 0 Å². The lowest BCUT2D eigenvalue weighted by Crippen LogP contribution is -2.30. The van der Waals surface area contributed by atoms with Gasteiger partial charge in [-0.2, -0.15) is 0 Å². The molecule has 0 aromatic carbocycles. The van der Waals surface area contributed by atoms with Gasteiger partial charge in [0.1, 0.15) is 19.3 Å². The van der Waals surface area contributed by atoms with Crippen LogP contribution in [0.25, 0.3) is 0 Å². The molecule has 0 aliphatic carbocycles. The van der Waals surface area contributed by atoms with Crippen LogP contribution in [0.2, 0.25) is 0 Å². The van der Waals surface area contributed by atoms with Gasteiger partial charge in [0.05, 0.1) is 26.4 Å². The van der Waals surface area contributed by atoms with Crippen molar-refractivity contribution in [3.63, 3.8) is 0 Å². The summed E-state index contributed by atoms with van der Waals surface area (Å²) >= 11 is 0. The summed E-state index contributed by atoms with van der Waals surface area (Å²) in [6, 6.07) is 0. The van der Waals surface area contributed by atoms with Gasteiger partial charge in [0, 0.05) is 25.7 Å². The van der Waals surface area contributed by atoms with Crippen molar-refractivity contribution in [2.75, 3.05) is 39.6 Å². The minimum Gasteiger partial charge on any atom is -0.462 e. The number of phosphoric acid groups is 2. The number of esters is 4. The highest BCUT2D eigenvalue weighted by Gasteiger charge is 2.30. The number of unbranched alkanes of at least 4 members (excludes halogenated alkanes) is 33. The minimum atomic E-state index is -4.95. The molecule has 0 aliphatic rings. The Morgan fingerprint density at radius 1 is 0.308 bits per heavy atom. The number of hydrogen-bond acceptors (Lipinski definition) is 15. The van der Waals surface area contributed by atoms with E-state index in [1.54, 1.807) is 0 Å². The molecular formula is C72H140O17P2. The van der Waals surface area contributed by atoms with E-state index in [0.29, 0.717) is 31.6 Å². The first kappa shape index (κ1) is 89.1. The summed E-state index contributed by atoms with van der Waals surface area (Å²) in [7, 11) is -9.91. The third kappa shape index (κ3) is 63.9. The van der Waals surface area contributed by atoms with Crippen LogP contribution < -0.4 is 0 Å². The van der Waals surface area contributed by atoms with Gasteiger partial charge in [0.2, 0.25) is 0 Å². The average Bonchev–Trinajstić information content (AvgIpc) is 3.45. The van der Waals surface area contributed by atoms with Crippen molar-refractivity contribution in [2.24, 2.45) is 23.7 Å². The molecule has 0 amide bonds. The van der Waals surface area contributed by atoms with Crippen LogP contribution in [-0.2, 0) is 65.4 Å². The van der Waals surface area contributed by atoms with E-state index >= 15 is 0 Å². The maximum absolute atomic E-state index is 13.0. The molecule has 91 heavy (non-hydrogen) atoms. The molecule has 0 saturated carbocycles. The van der Waals surface area contributed by atoms with Crippen LogP contribution in [0.3, 0.4) is 0 Å². The van der Waals surface area contributed by atoms with Crippen molar-refractivity contribution in [2.45, 2.75) is 375 Å². The van der Waals surface area contributed by atoms with Crippen molar-refractivity contribution >= 4 is 39.5 Å². The first-order valence-corrected chi connectivity index (χ1v) is 40.3. The third-order valence-electron chi connectivity index (χ3n) is 17.3. The lowest BCUT2D eigenvalue weighted by atomic mass is 9.99. The Labute approximate surface area is 556 Å². The lowest BCUT2D eigenvalue weighted by Gasteiger charge is -2.21. The van der Waals surface area contributed by atoms with Crippen molar-refractivity contribution in [3.05, 3.63) is 0 Å². The molecule has 0 rings (SSSR count). The quantitative estimate of drug-likeness (QED) is 0.0222. The molecule has 7 atom stereocenters. The molecule has 0 bridgehead atoms. The zero-order valence-corrected chi connectivity index (χ0v) is 61.3. The minimum absolute atomic E-state index is 0.104. The second-order valence-corrected chi connectivity index (χ2v) is 30.3. The summed E-state index contributed by atoms with van der Waals surface area (Å²) < 4.78 is 68.3. The van der Waals surface area contributed by atoms with Gasteiger partial charge < -0.3 is 33.8 Å². The monoisotopic (exact) mass is 1340 g/mol. The van der Waals surface area contributed by atoms with Gasteiger partial charge in [0.25, 0.3) is 0 Å². The van der Waals surface area contributed by atoms with E-state index in [0.717, 1.165) is 114 Å². The molecule has 0 heterocycles. The topological polar surface area (TPSA) is 237 Å². The Bertz CT molecular complexity index is 1800. The van der Waals surface area contributed by atoms with E-state index < -0.39 is 97.5 Å². The number of aliphatic hydroxyl groups excluding tert-OH is 1. The summed E-state index contributed by atoms with van der Waals surface area (Å²) in [5.74, 6) is 0.910. The Hall–Kier alpha value is -1.94. The number of carbonyl (C=O) groups excluding carboxylic acids is 4. The molecule has 0 aromatic heterocycles. The zero-order valence-electron chi connectivity index (χ0n) is 59.5. The Morgan fingerprint density at radius 3 is 0.780 bits per heavy atom. The van der Waals surface area contributed by atoms with E-state index in [1.165, 1.54) is 154 Å². The highest BCUT2D eigenvalue weighted by molar-refractivity contribution is 7.47. The number of aliphatic hydroxyl groups is 1. The fraction of sp³-hybridized carbons (Fsp3) is 0.944. The highest BCUT2D eigenvalue weighted by Crippen LogP contribution is 2.45. The fourth-order valence-electron chi connectivity index (χ4n) is 10.8. The van der Waals surface area contributed by atoms with Crippen LogP contribution in [-0.4, -0.2) is 96.7 Å². The molecule has 0 aromatic rings. The van der Waals surface area contributed by atoms with Crippen molar-refractivity contribution in [1.29, 1.82) is 0 Å². The summed E-state index contributed by atoms with van der Waals surface area (Å²) in [4.78, 5) is 72.6. The average molecular weight is 1340 g/mol. The Morgan fingerprint density at radius 2 is 0.527 bits per heavy atom. The molecule has 0 saturated heterocycles. The maximum atomic E-state index is 13.0. The van der Waals surface area contributed by atoms with Gasteiger partial charge in [0.15, 0.2) is 12.2 Å². The van der Waals surface area contributed by atoms with Crippen LogP contribution in [0.4, 0.5) is 0 Å². The molecule has 0 aliphatic heterocycles. The lowest BCUT2D eigenvalue weighted by molar-refractivity contribution is -0.161. The molecule has 4 unspecified atom stereocenters. The predicted octanol–water partition coefficient (Wildman–Crippen LogP) is 20.5. The van der Waals surface area contributed by atoms with E-state index in [2.05, 4.69) is 55.4 Å². The predicted molar refractivity (Wildman–Crippen MR) is 367 cm³/mol. The Kier molecular flexibility index (Phi) is 60.3. The number of rotatable bonds is 69. The van der Waals surface area contributed by atoms with Crippen LogP contribution >= 0.6 is 15.6 Å². The first-order chi connectivity index (χ1) is 43.7. The molecule has 0 fully saturated rings. The largest absolute Gasteiger partial charge is 0.472 e. The molecule has 540 valence electrons. The second kappa shape index (κ2) is 61.6. The molecule has 17 nitrogen and oxygen atoms in total. The normalized spacial score (nSPS) is 14.8. The van der Waals surface area contributed by atoms with Gasteiger partial charge in [-0.05, 0) is 49.4 Å². The van der Waals surface area contributed by atoms with Crippen molar-refractivity contribution < 1.29 is 80.2 Å². The van der Waals surface area contributed by atoms with Gasteiger partial charge in [-0.15, -0.1) is 0 Å². The fourth-order valence-corrected chi connectivity index (χ4v) is 12.4. The van der Waals surface area contributed by atoms with Gasteiger partial charge in [-0.25, -0.2) is 9.13 Å². The molecular weight excluding hydrogens is 1200 g/mol. The standard InChI is InChI=1S/C72H140O17P2/c1-9-64(7)50-42-34-25-19-15-13-11-12-14-16-20-28-38-46-54-71(76)89-68(59-83-70(75)53-45-37-31-30-33-41-49-63(5)6)61-87-91(80,81)85-57-66(73)56-84-90(78,79)86-60-67(88-72(77)55-47-39-29-21-17-18-24-32-40-48-62(3)4)58-82-69(74)52-44-36-27-23-22-26-35-43-51-65(8)10-2/h62-68,73H,9-61H2,1-8H3,(H,78,79)(H,80,81)/t64?,65?,66-,67-,68-/m1/s1. The highest BCUT2D eigenvalue weighted by atomic mass is 31.2. The Balaban J connectivity index is 5.22. The zero-order chi connectivity index (χ0) is 67.5. The van der Waals surface area contributed by atoms with Gasteiger partial charge in [-0.3, -0.25) is 37.3 Å². The van der Waals surface area contributed by atoms with Crippen LogP contribution in [0.1, 0.15) is 357 Å². The summed E-state index contributed by atoms with van der Waals surface area (Å²) in [5.41, 5.74) is 0. The maximum Gasteiger partial charge on any atom is 0.472 e. The second-order valence-electron chi connectivity index (χ2n) is 27.4. The van der Waals surface area contributed by atoms with E-state index in [1.807, 2.05) is 0 Å². The smallest absolute Gasteiger partial charge is 0.462 e. The van der Waals surface area contributed by atoms with Crippen molar-refractivity contribution in [3.8, 4) is 0 Å². The van der Waals surface area contributed by atoms with E-state index in [4.69, 9.17) is 37.0 Å². The number of phosphoric ester groups is 2. The molecule has 0 spiro atoms. The summed E-state index contributed by atoms with van der Waals surface area (Å²) in [6.45, 7) is 14.1. The summed E-state index contributed by atoms with van der Waals surface area (Å²) in [6.07, 6.45) is 44.5. The summed E-state index contributed by atoms with van der Waals surface area (Å²) in [5, 5.41) is 10.6. The molecule has 0 radical (unpaired) electrons. The molecule has 19 heteroatoms. The number of hydrogen-bond donors (Lipinski definition) is 3.